The number of rotatable bonds is 7. The van der Waals surface area contributed by atoms with Crippen LogP contribution in [-0.4, -0.2) is 18.0 Å². The number of hydrogen-bond donors (Lipinski definition) is 1. The molecule has 0 unspecified atom stereocenters. The van der Waals surface area contributed by atoms with E-state index in [1.54, 1.807) is 24.4 Å². The number of amides is 1. The SMILES string of the molecule is COc1cccnc1NC(=O)/C=C/c1cccc(OCc2ccccc2)c1. The molecule has 27 heavy (non-hydrogen) atoms. The van der Waals surface area contributed by atoms with Crippen molar-refractivity contribution in [3.05, 3.63) is 90.1 Å². The van der Waals surface area contributed by atoms with Gasteiger partial charge in [-0.2, -0.15) is 0 Å². The van der Waals surface area contributed by atoms with E-state index in [2.05, 4.69) is 10.3 Å². The lowest BCUT2D eigenvalue weighted by molar-refractivity contribution is -0.111. The Labute approximate surface area is 158 Å². The fraction of sp³-hybridized carbons (Fsp3) is 0.0909. The second-order valence-electron chi connectivity index (χ2n) is 5.72. The van der Waals surface area contributed by atoms with Crippen LogP contribution < -0.4 is 14.8 Å². The first-order chi connectivity index (χ1) is 13.2. The molecule has 0 aliphatic carbocycles. The van der Waals surface area contributed by atoms with E-state index in [0.29, 0.717) is 18.2 Å². The average Bonchev–Trinajstić information content (AvgIpc) is 2.72. The van der Waals surface area contributed by atoms with Crippen molar-refractivity contribution in [2.75, 3.05) is 12.4 Å². The first kappa shape index (κ1) is 18.2. The van der Waals surface area contributed by atoms with Gasteiger partial charge in [0.05, 0.1) is 7.11 Å². The van der Waals surface area contributed by atoms with Crippen LogP contribution in [0.25, 0.3) is 6.08 Å². The lowest BCUT2D eigenvalue weighted by atomic mass is 10.2. The lowest BCUT2D eigenvalue weighted by Crippen LogP contribution is -2.10. The number of carbonyl (C=O) groups excluding carboxylic acids is 1. The van der Waals surface area contributed by atoms with Gasteiger partial charge >= 0.3 is 0 Å². The van der Waals surface area contributed by atoms with E-state index >= 15 is 0 Å². The van der Waals surface area contributed by atoms with E-state index < -0.39 is 0 Å². The molecular formula is C22H20N2O3. The van der Waals surface area contributed by atoms with Crippen molar-refractivity contribution in [1.82, 2.24) is 4.98 Å². The van der Waals surface area contributed by atoms with E-state index in [1.807, 2.05) is 54.6 Å². The van der Waals surface area contributed by atoms with Crippen molar-refractivity contribution in [3.8, 4) is 11.5 Å². The summed E-state index contributed by atoms with van der Waals surface area (Å²) in [5.74, 6) is 1.35. The first-order valence-electron chi connectivity index (χ1n) is 8.49. The molecule has 0 spiro atoms. The van der Waals surface area contributed by atoms with E-state index in [1.165, 1.54) is 13.2 Å². The van der Waals surface area contributed by atoms with Crippen molar-refractivity contribution < 1.29 is 14.3 Å². The second-order valence-corrected chi connectivity index (χ2v) is 5.72. The Hall–Kier alpha value is -3.60. The number of nitrogens with zero attached hydrogens (tertiary/aromatic N) is 1. The van der Waals surface area contributed by atoms with Gasteiger partial charge in [-0.3, -0.25) is 4.79 Å². The molecule has 1 N–H and O–H groups in total. The number of benzene rings is 2. The largest absolute Gasteiger partial charge is 0.493 e. The molecule has 5 nitrogen and oxygen atoms in total. The molecule has 0 radical (unpaired) electrons. The zero-order chi connectivity index (χ0) is 18.9. The summed E-state index contributed by atoms with van der Waals surface area (Å²) in [6.07, 6.45) is 4.76. The average molecular weight is 360 g/mol. The molecule has 0 fully saturated rings. The number of anilines is 1. The Morgan fingerprint density at radius 1 is 1.07 bits per heavy atom. The normalized spacial score (nSPS) is 10.6. The molecule has 1 amide bonds. The second kappa shape index (κ2) is 9.20. The third-order valence-electron chi connectivity index (χ3n) is 3.77. The summed E-state index contributed by atoms with van der Waals surface area (Å²) in [5, 5.41) is 2.70. The molecule has 3 aromatic rings. The Kier molecular flexibility index (Phi) is 6.20. The maximum absolute atomic E-state index is 12.1. The summed E-state index contributed by atoms with van der Waals surface area (Å²) in [5.41, 5.74) is 1.96. The van der Waals surface area contributed by atoms with Crippen molar-refractivity contribution >= 4 is 17.8 Å². The third kappa shape index (κ3) is 5.44. The van der Waals surface area contributed by atoms with Crippen molar-refractivity contribution in [3.63, 3.8) is 0 Å². The zero-order valence-electron chi connectivity index (χ0n) is 15.0. The fourth-order valence-corrected chi connectivity index (χ4v) is 2.43. The maximum atomic E-state index is 12.1. The Bertz CT molecular complexity index is 924. The van der Waals surface area contributed by atoms with Gasteiger partial charge in [-0.15, -0.1) is 0 Å². The molecule has 3 rings (SSSR count). The smallest absolute Gasteiger partial charge is 0.249 e. The van der Waals surface area contributed by atoms with Crippen LogP contribution in [0.4, 0.5) is 5.82 Å². The number of hydrogen-bond acceptors (Lipinski definition) is 4. The van der Waals surface area contributed by atoms with E-state index in [4.69, 9.17) is 9.47 Å². The van der Waals surface area contributed by atoms with Crippen LogP contribution in [0.15, 0.2) is 79.0 Å². The minimum absolute atomic E-state index is 0.289. The molecule has 136 valence electrons. The summed E-state index contributed by atoms with van der Waals surface area (Å²) in [4.78, 5) is 16.2. The number of methoxy groups -OCH3 is 1. The molecule has 0 atom stereocenters. The van der Waals surface area contributed by atoms with E-state index in [9.17, 15) is 4.79 Å². The van der Waals surface area contributed by atoms with Gasteiger partial charge in [0.2, 0.25) is 5.91 Å². The van der Waals surface area contributed by atoms with Gasteiger partial charge < -0.3 is 14.8 Å². The summed E-state index contributed by atoms with van der Waals surface area (Å²) in [7, 11) is 1.53. The highest BCUT2D eigenvalue weighted by Crippen LogP contribution is 2.20. The predicted octanol–water partition coefficient (Wildman–Crippen LogP) is 4.32. The third-order valence-corrected chi connectivity index (χ3v) is 3.77. The number of carbonyl (C=O) groups is 1. The van der Waals surface area contributed by atoms with Crippen LogP contribution in [0.3, 0.4) is 0 Å². The van der Waals surface area contributed by atoms with Crippen LogP contribution in [-0.2, 0) is 11.4 Å². The standard InChI is InChI=1S/C22H20N2O3/c1-26-20-11-6-14-23-22(20)24-21(25)13-12-17-9-5-10-19(15-17)27-16-18-7-3-2-4-8-18/h2-15H,16H2,1H3,(H,23,24,25)/b13-12+. The molecular weight excluding hydrogens is 340 g/mol. The highest BCUT2D eigenvalue weighted by Gasteiger charge is 2.05. The fourth-order valence-electron chi connectivity index (χ4n) is 2.43. The van der Waals surface area contributed by atoms with Crippen molar-refractivity contribution in [2.24, 2.45) is 0 Å². The van der Waals surface area contributed by atoms with Crippen molar-refractivity contribution in [2.45, 2.75) is 6.61 Å². The highest BCUT2D eigenvalue weighted by atomic mass is 16.5. The molecule has 5 heteroatoms. The number of pyridine rings is 1. The Morgan fingerprint density at radius 3 is 2.74 bits per heavy atom. The molecule has 0 aliphatic heterocycles. The van der Waals surface area contributed by atoms with Crippen LogP contribution in [0.2, 0.25) is 0 Å². The van der Waals surface area contributed by atoms with Crippen molar-refractivity contribution in [1.29, 1.82) is 0 Å². The van der Waals surface area contributed by atoms with Crippen LogP contribution in [0.5, 0.6) is 11.5 Å². The van der Waals surface area contributed by atoms with Gasteiger partial charge in [-0.05, 0) is 41.5 Å². The molecule has 0 saturated carbocycles. The van der Waals surface area contributed by atoms with Gasteiger partial charge in [-0.25, -0.2) is 4.98 Å². The summed E-state index contributed by atoms with van der Waals surface area (Å²) in [6.45, 7) is 0.494. The van der Waals surface area contributed by atoms with Crippen LogP contribution in [0.1, 0.15) is 11.1 Å². The minimum Gasteiger partial charge on any atom is -0.493 e. The van der Waals surface area contributed by atoms with Gasteiger partial charge in [0, 0.05) is 12.3 Å². The minimum atomic E-state index is -0.289. The lowest BCUT2D eigenvalue weighted by Gasteiger charge is -2.07. The Morgan fingerprint density at radius 2 is 1.93 bits per heavy atom. The zero-order valence-corrected chi connectivity index (χ0v) is 15.0. The summed E-state index contributed by atoms with van der Waals surface area (Å²) < 4.78 is 11.0. The molecule has 0 aliphatic rings. The number of aromatic nitrogens is 1. The monoisotopic (exact) mass is 360 g/mol. The molecule has 2 aromatic carbocycles. The quantitative estimate of drug-likeness (QED) is 0.638. The van der Waals surface area contributed by atoms with Crippen LogP contribution >= 0.6 is 0 Å². The van der Waals surface area contributed by atoms with E-state index in [0.717, 1.165) is 16.9 Å². The van der Waals surface area contributed by atoms with Gasteiger partial charge in [0.25, 0.3) is 0 Å². The number of ether oxygens (including phenoxy) is 2. The Balaban J connectivity index is 1.60. The van der Waals surface area contributed by atoms with Gasteiger partial charge in [0.1, 0.15) is 12.4 Å². The summed E-state index contributed by atoms with van der Waals surface area (Å²) in [6, 6.07) is 21.0. The predicted molar refractivity (Wildman–Crippen MR) is 106 cm³/mol. The maximum Gasteiger partial charge on any atom is 0.249 e. The molecule has 0 bridgehead atoms. The highest BCUT2D eigenvalue weighted by molar-refractivity contribution is 6.02. The topological polar surface area (TPSA) is 60.5 Å². The number of nitrogens with one attached hydrogen (secondary N) is 1. The molecule has 0 saturated heterocycles. The van der Waals surface area contributed by atoms with Crippen LogP contribution in [0, 0.1) is 0 Å². The summed E-state index contributed by atoms with van der Waals surface area (Å²) >= 11 is 0. The first-order valence-corrected chi connectivity index (χ1v) is 8.49. The molecule has 1 heterocycles. The van der Waals surface area contributed by atoms with Gasteiger partial charge in [0.15, 0.2) is 11.6 Å². The van der Waals surface area contributed by atoms with E-state index in [-0.39, 0.29) is 5.91 Å². The molecule has 1 aromatic heterocycles. The van der Waals surface area contributed by atoms with Gasteiger partial charge in [-0.1, -0.05) is 42.5 Å².